The predicted molar refractivity (Wildman–Crippen MR) is 61.2 cm³/mol. The molecule has 0 saturated heterocycles. The van der Waals surface area contributed by atoms with E-state index < -0.39 is 0 Å². The molecule has 0 aliphatic heterocycles. The third-order valence-electron chi connectivity index (χ3n) is 2.53. The third kappa shape index (κ3) is 5.58. The highest BCUT2D eigenvalue weighted by molar-refractivity contribution is 4.75. The first-order valence-corrected chi connectivity index (χ1v) is 5.48. The zero-order valence-electron chi connectivity index (χ0n) is 10.1. The Morgan fingerprint density at radius 2 is 2.00 bits per heavy atom. The lowest BCUT2D eigenvalue weighted by Crippen LogP contribution is -2.41. The van der Waals surface area contributed by atoms with E-state index in [1.54, 1.807) is 0 Å². The van der Waals surface area contributed by atoms with Crippen molar-refractivity contribution in [3.05, 3.63) is 0 Å². The smallest absolute Gasteiger partial charge is 0.0468 e. The van der Waals surface area contributed by atoms with Crippen LogP contribution in [0.4, 0.5) is 0 Å². The van der Waals surface area contributed by atoms with E-state index in [1.165, 1.54) is 0 Å². The highest BCUT2D eigenvalue weighted by Crippen LogP contribution is 2.15. The molecule has 0 heterocycles. The minimum absolute atomic E-state index is 0.172. The Hall–Kier alpha value is -0.120. The summed E-state index contributed by atoms with van der Waals surface area (Å²) in [6, 6.07) is 0. The van der Waals surface area contributed by atoms with Crippen LogP contribution < -0.4 is 5.73 Å². The van der Waals surface area contributed by atoms with Crippen molar-refractivity contribution < 1.29 is 5.11 Å². The van der Waals surface area contributed by atoms with E-state index in [4.69, 9.17) is 10.8 Å². The molecule has 0 radical (unpaired) electrons. The standard InChI is InChI=1S/C11H26N2O/c1-5-13(6-10(2)7-14)9-11(3,4)8-12/h10,14H,5-9,12H2,1-4H3. The van der Waals surface area contributed by atoms with E-state index in [9.17, 15) is 0 Å². The summed E-state index contributed by atoms with van der Waals surface area (Å²) in [6.07, 6.45) is 0. The van der Waals surface area contributed by atoms with Crippen molar-refractivity contribution >= 4 is 0 Å². The molecule has 0 rings (SSSR count). The van der Waals surface area contributed by atoms with Crippen LogP contribution in [0.2, 0.25) is 0 Å². The Morgan fingerprint density at radius 3 is 2.36 bits per heavy atom. The second kappa shape index (κ2) is 6.38. The molecule has 0 aliphatic rings. The van der Waals surface area contributed by atoms with Crippen LogP contribution in [0.1, 0.15) is 27.7 Å². The van der Waals surface area contributed by atoms with Gasteiger partial charge in [0.15, 0.2) is 0 Å². The molecule has 86 valence electrons. The number of rotatable bonds is 7. The molecule has 0 fully saturated rings. The van der Waals surface area contributed by atoms with E-state index in [-0.39, 0.29) is 12.0 Å². The highest BCUT2D eigenvalue weighted by Gasteiger charge is 2.20. The monoisotopic (exact) mass is 202 g/mol. The lowest BCUT2D eigenvalue weighted by Gasteiger charge is -2.32. The maximum atomic E-state index is 8.98. The van der Waals surface area contributed by atoms with E-state index in [2.05, 4.69) is 32.6 Å². The summed E-state index contributed by atoms with van der Waals surface area (Å²) in [5, 5.41) is 8.98. The molecule has 3 nitrogen and oxygen atoms in total. The molecule has 0 spiro atoms. The lowest BCUT2D eigenvalue weighted by molar-refractivity contribution is 0.140. The molecule has 0 aliphatic carbocycles. The number of nitrogens with zero attached hydrogens (tertiary/aromatic N) is 1. The average molecular weight is 202 g/mol. The molecule has 0 aromatic heterocycles. The van der Waals surface area contributed by atoms with Gasteiger partial charge in [-0.15, -0.1) is 0 Å². The second-order valence-electron chi connectivity index (χ2n) is 4.98. The summed E-state index contributed by atoms with van der Waals surface area (Å²) in [4.78, 5) is 2.35. The third-order valence-corrected chi connectivity index (χ3v) is 2.53. The fourth-order valence-electron chi connectivity index (χ4n) is 1.47. The van der Waals surface area contributed by atoms with E-state index >= 15 is 0 Å². The first-order valence-electron chi connectivity index (χ1n) is 5.48. The second-order valence-corrected chi connectivity index (χ2v) is 4.98. The van der Waals surface area contributed by atoms with Gasteiger partial charge in [-0.25, -0.2) is 0 Å². The van der Waals surface area contributed by atoms with Crippen molar-refractivity contribution in [2.75, 3.05) is 32.8 Å². The zero-order chi connectivity index (χ0) is 11.2. The maximum Gasteiger partial charge on any atom is 0.0468 e. The number of hydrogen-bond acceptors (Lipinski definition) is 3. The van der Waals surface area contributed by atoms with Crippen molar-refractivity contribution in [3.8, 4) is 0 Å². The van der Waals surface area contributed by atoms with Crippen molar-refractivity contribution in [1.29, 1.82) is 0 Å². The van der Waals surface area contributed by atoms with Crippen molar-refractivity contribution in [2.45, 2.75) is 27.7 Å². The lowest BCUT2D eigenvalue weighted by atomic mass is 9.92. The van der Waals surface area contributed by atoms with Crippen LogP contribution in [0, 0.1) is 11.3 Å². The van der Waals surface area contributed by atoms with Gasteiger partial charge < -0.3 is 15.7 Å². The molecule has 3 N–H and O–H groups in total. The molecular weight excluding hydrogens is 176 g/mol. The van der Waals surface area contributed by atoms with Crippen molar-refractivity contribution in [3.63, 3.8) is 0 Å². The van der Waals surface area contributed by atoms with E-state index in [1.807, 2.05) is 0 Å². The summed E-state index contributed by atoms with van der Waals surface area (Å²) in [6.45, 7) is 12.5. The van der Waals surface area contributed by atoms with E-state index in [0.717, 1.165) is 19.6 Å². The van der Waals surface area contributed by atoms with Crippen LogP contribution in [0.3, 0.4) is 0 Å². The van der Waals surface area contributed by atoms with Crippen LogP contribution in [0.5, 0.6) is 0 Å². The topological polar surface area (TPSA) is 49.5 Å². The first-order chi connectivity index (χ1) is 6.45. The van der Waals surface area contributed by atoms with Crippen LogP contribution in [0.15, 0.2) is 0 Å². The molecule has 0 bridgehead atoms. The molecule has 0 saturated carbocycles. The fraction of sp³-hybridized carbons (Fsp3) is 1.00. The minimum atomic E-state index is 0.172. The van der Waals surface area contributed by atoms with Crippen LogP contribution in [-0.2, 0) is 0 Å². The number of hydrogen-bond donors (Lipinski definition) is 2. The Bertz CT molecular complexity index is 148. The maximum absolute atomic E-state index is 8.98. The Balaban J connectivity index is 4.02. The predicted octanol–water partition coefficient (Wildman–Crippen LogP) is 0.922. The summed E-state index contributed by atoms with van der Waals surface area (Å²) in [5.74, 6) is 0.350. The number of nitrogens with two attached hydrogens (primary N) is 1. The zero-order valence-corrected chi connectivity index (χ0v) is 10.1. The number of aliphatic hydroxyl groups excluding tert-OH is 1. The van der Waals surface area contributed by atoms with Crippen LogP contribution in [0.25, 0.3) is 0 Å². The molecule has 0 aromatic rings. The van der Waals surface area contributed by atoms with Gasteiger partial charge in [-0.1, -0.05) is 27.7 Å². The van der Waals surface area contributed by atoms with Gasteiger partial charge in [-0.2, -0.15) is 0 Å². The van der Waals surface area contributed by atoms with Crippen molar-refractivity contribution in [1.82, 2.24) is 4.90 Å². The quantitative estimate of drug-likeness (QED) is 0.645. The summed E-state index contributed by atoms with van der Waals surface area (Å²) >= 11 is 0. The van der Waals surface area contributed by atoms with Gasteiger partial charge in [0.05, 0.1) is 0 Å². The molecule has 1 atom stereocenters. The Morgan fingerprint density at radius 1 is 1.43 bits per heavy atom. The highest BCUT2D eigenvalue weighted by atomic mass is 16.3. The van der Waals surface area contributed by atoms with Gasteiger partial charge in [-0.3, -0.25) is 0 Å². The average Bonchev–Trinajstić information content (AvgIpc) is 2.16. The molecule has 3 heteroatoms. The van der Waals surface area contributed by atoms with Crippen molar-refractivity contribution in [2.24, 2.45) is 17.1 Å². The molecule has 14 heavy (non-hydrogen) atoms. The van der Waals surface area contributed by atoms with Gasteiger partial charge in [-0.05, 0) is 24.4 Å². The number of aliphatic hydroxyl groups is 1. The molecular formula is C11H26N2O. The Kier molecular flexibility index (Phi) is 6.33. The Labute approximate surface area is 88.3 Å². The van der Waals surface area contributed by atoms with Crippen LogP contribution >= 0.6 is 0 Å². The normalized spacial score (nSPS) is 14.8. The van der Waals surface area contributed by atoms with Gasteiger partial charge in [0.2, 0.25) is 0 Å². The summed E-state index contributed by atoms with van der Waals surface area (Å²) < 4.78 is 0. The van der Waals surface area contributed by atoms with Crippen LogP contribution in [-0.4, -0.2) is 42.8 Å². The first kappa shape index (κ1) is 13.9. The SMILES string of the molecule is CCN(CC(C)CO)CC(C)(C)CN. The van der Waals surface area contributed by atoms with Gasteiger partial charge in [0.25, 0.3) is 0 Å². The molecule has 0 amide bonds. The van der Waals surface area contributed by atoms with Gasteiger partial charge in [0, 0.05) is 19.7 Å². The molecule has 0 aromatic carbocycles. The van der Waals surface area contributed by atoms with E-state index in [0.29, 0.717) is 12.5 Å². The largest absolute Gasteiger partial charge is 0.396 e. The minimum Gasteiger partial charge on any atom is -0.396 e. The summed E-state index contributed by atoms with van der Waals surface area (Å²) in [7, 11) is 0. The fourth-order valence-corrected chi connectivity index (χ4v) is 1.47. The molecule has 1 unspecified atom stereocenters. The van der Waals surface area contributed by atoms with Gasteiger partial charge in [0.1, 0.15) is 0 Å². The van der Waals surface area contributed by atoms with Gasteiger partial charge >= 0.3 is 0 Å². The summed E-state index contributed by atoms with van der Waals surface area (Å²) in [5.41, 5.74) is 5.87.